The fraction of sp³-hybridized carbons (Fsp3) is 0.609. The lowest BCUT2D eigenvalue weighted by Crippen LogP contribution is -2.48. The topological polar surface area (TPSA) is 98.6 Å². The highest BCUT2D eigenvalue weighted by Gasteiger charge is 2.50. The van der Waals surface area contributed by atoms with Gasteiger partial charge in [0, 0.05) is 45.7 Å². The molecule has 3 N–H and O–H groups in total. The van der Waals surface area contributed by atoms with E-state index in [4.69, 9.17) is 10.7 Å². The van der Waals surface area contributed by atoms with Gasteiger partial charge in [0.05, 0.1) is 16.6 Å². The number of primary amides is 1. The minimum Gasteiger partial charge on any atom is -0.366 e. The Morgan fingerprint density at radius 2 is 2.06 bits per heavy atom. The van der Waals surface area contributed by atoms with E-state index in [1.807, 2.05) is 17.0 Å². The van der Waals surface area contributed by atoms with Crippen LogP contribution in [0.5, 0.6) is 0 Å². The summed E-state index contributed by atoms with van der Waals surface area (Å²) >= 11 is 0. The molecule has 1 aliphatic carbocycles. The number of benzene rings is 1. The van der Waals surface area contributed by atoms with Crippen molar-refractivity contribution >= 4 is 22.8 Å². The highest BCUT2D eigenvalue weighted by Crippen LogP contribution is 2.50. The van der Waals surface area contributed by atoms with E-state index in [0.717, 1.165) is 69.9 Å². The van der Waals surface area contributed by atoms with Crippen LogP contribution >= 0.6 is 0 Å². The number of nitrogens with one attached hydrogen (secondary N) is 1. The van der Waals surface area contributed by atoms with Crippen LogP contribution in [0.1, 0.15) is 48.3 Å². The number of hydrogen-bond donors (Lipinski definition) is 2. The molecule has 3 heterocycles. The number of carbonyl (C=O) groups excluding carboxylic acids is 2. The van der Waals surface area contributed by atoms with Gasteiger partial charge in [0.1, 0.15) is 11.3 Å². The number of aromatic nitrogens is 2. The third kappa shape index (κ3) is 3.61. The van der Waals surface area contributed by atoms with Gasteiger partial charge in [-0.2, -0.15) is 0 Å². The molecule has 5 rings (SSSR count). The average molecular weight is 425 g/mol. The van der Waals surface area contributed by atoms with Gasteiger partial charge in [0.15, 0.2) is 0 Å². The molecule has 8 heteroatoms. The fourth-order valence-corrected chi connectivity index (χ4v) is 5.86. The Morgan fingerprint density at radius 1 is 1.26 bits per heavy atom. The smallest absolute Gasteiger partial charge is 0.250 e. The Labute approximate surface area is 182 Å². The van der Waals surface area contributed by atoms with Gasteiger partial charge in [-0.15, -0.1) is 0 Å². The number of rotatable bonds is 5. The van der Waals surface area contributed by atoms with Gasteiger partial charge in [-0.25, -0.2) is 4.98 Å². The van der Waals surface area contributed by atoms with E-state index in [0.29, 0.717) is 23.4 Å². The molecular weight excluding hydrogens is 392 g/mol. The van der Waals surface area contributed by atoms with E-state index in [2.05, 4.69) is 21.8 Å². The van der Waals surface area contributed by atoms with Crippen molar-refractivity contribution in [1.82, 2.24) is 24.7 Å². The number of piperazine rings is 1. The summed E-state index contributed by atoms with van der Waals surface area (Å²) in [5.74, 6) is 1.36. The number of hydrogen-bond acceptors (Lipinski definition) is 5. The van der Waals surface area contributed by atoms with Crippen molar-refractivity contribution in [3.8, 4) is 0 Å². The van der Waals surface area contributed by atoms with Crippen LogP contribution in [-0.2, 0) is 10.3 Å². The molecule has 3 aliphatic rings. The number of likely N-dealkylation sites (tertiary alicyclic amines) is 1. The van der Waals surface area contributed by atoms with E-state index in [1.165, 1.54) is 6.42 Å². The quantitative estimate of drug-likeness (QED) is 0.758. The zero-order valence-corrected chi connectivity index (χ0v) is 18.3. The number of para-hydroxylation sites is 1. The zero-order valence-electron chi connectivity index (χ0n) is 18.3. The largest absolute Gasteiger partial charge is 0.366 e. The van der Waals surface area contributed by atoms with Gasteiger partial charge < -0.3 is 20.5 Å². The molecule has 31 heavy (non-hydrogen) atoms. The normalized spacial score (nSPS) is 27.1. The van der Waals surface area contributed by atoms with Crippen molar-refractivity contribution < 1.29 is 9.59 Å². The van der Waals surface area contributed by atoms with E-state index >= 15 is 0 Å². The predicted octanol–water partition coefficient (Wildman–Crippen LogP) is 1.53. The van der Waals surface area contributed by atoms with Crippen LogP contribution in [0, 0.1) is 5.92 Å². The van der Waals surface area contributed by atoms with Crippen LogP contribution in [0.2, 0.25) is 0 Å². The first kappa shape index (κ1) is 20.5. The maximum Gasteiger partial charge on any atom is 0.250 e. The SMILES string of the molecule is CN1CCN(C(=O)CCN2C[C@@H]3CCC[C@]2(c2nc4c(C(N)=O)cccc4[nH]2)C3)CC1. The molecule has 3 fully saturated rings. The lowest BCUT2D eigenvalue weighted by atomic mass is 9.79. The molecule has 0 unspecified atom stereocenters. The van der Waals surface area contributed by atoms with Crippen molar-refractivity contribution in [1.29, 1.82) is 0 Å². The number of nitrogens with zero attached hydrogens (tertiary/aromatic N) is 4. The van der Waals surface area contributed by atoms with Crippen LogP contribution in [-0.4, -0.2) is 82.8 Å². The lowest BCUT2D eigenvalue weighted by molar-refractivity contribution is -0.133. The minimum absolute atomic E-state index is 0.181. The Bertz CT molecular complexity index is 995. The summed E-state index contributed by atoms with van der Waals surface area (Å²) in [5.41, 5.74) is 7.36. The number of carbonyl (C=O) groups is 2. The van der Waals surface area contributed by atoms with E-state index in [1.54, 1.807) is 6.07 Å². The molecule has 2 atom stereocenters. The zero-order chi connectivity index (χ0) is 21.6. The second kappa shape index (κ2) is 7.91. The molecule has 166 valence electrons. The van der Waals surface area contributed by atoms with Gasteiger partial charge >= 0.3 is 0 Å². The number of nitrogens with two attached hydrogens (primary N) is 1. The summed E-state index contributed by atoms with van der Waals surface area (Å²) in [5, 5.41) is 0. The van der Waals surface area contributed by atoms with E-state index < -0.39 is 5.91 Å². The maximum absolute atomic E-state index is 12.9. The molecule has 8 nitrogen and oxygen atoms in total. The first-order valence-corrected chi connectivity index (χ1v) is 11.5. The average Bonchev–Trinajstić information content (AvgIpc) is 3.31. The van der Waals surface area contributed by atoms with Crippen LogP contribution in [0.3, 0.4) is 0 Å². The van der Waals surface area contributed by atoms with Crippen molar-refractivity contribution in [2.24, 2.45) is 11.7 Å². The predicted molar refractivity (Wildman–Crippen MR) is 119 cm³/mol. The summed E-state index contributed by atoms with van der Waals surface area (Å²) in [6, 6.07) is 5.52. The summed E-state index contributed by atoms with van der Waals surface area (Å²) in [6.07, 6.45) is 5.02. The molecule has 1 aromatic heterocycles. The van der Waals surface area contributed by atoms with E-state index in [-0.39, 0.29) is 11.4 Å². The second-order valence-corrected chi connectivity index (χ2v) is 9.53. The van der Waals surface area contributed by atoms with Crippen LogP contribution in [0.4, 0.5) is 0 Å². The Balaban J connectivity index is 1.38. The van der Waals surface area contributed by atoms with Crippen molar-refractivity contribution in [2.45, 2.75) is 37.6 Å². The number of fused-ring (bicyclic) bond motifs is 3. The first-order valence-electron chi connectivity index (χ1n) is 11.5. The third-order valence-electron chi connectivity index (χ3n) is 7.58. The maximum atomic E-state index is 12.9. The summed E-state index contributed by atoms with van der Waals surface area (Å²) in [7, 11) is 2.10. The highest BCUT2D eigenvalue weighted by atomic mass is 16.2. The molecule has 1 saturated carbocycles. The van der Waals surface area contributed by atoms with Crippen molar-refractivity contribution in [3.63, 3.8) is 0 Å². The summed E-state index contributed by atoms with van der Waals surface area (Å²) < 4.78 is 0. The van der Waals surface area contributed by atoms with Crippen LogP contribution in [0.15, 0.2) is 18.2 Å². The van der Waals surface area contributed by atoms with Crippen molar-refractivity contribution in [3.05, 3.63) is 29.6 Å². The molecule has 2 saturated heterocycles. The molecule has 2 bridgehead atoms. The van der Waals surface area contributed by atoms with Gasteiger partial charge in [-0.1, -0.05) is 12.5 Å². The number of likely N-dealkylation sites (N-methyl/N-ethyl adjacent to an activating group) is 1. The third-order valence-corrected chi connectivity index (χ3v) is 7.58. The van der Waals surface area contributed by atoms with Gasteiger partial charge in [0.2, 0.25) is 5.91 Å². The number of amides is 2. The summed E-state index contributed by atoms with van der Waals surface area (Å²) in [4.78, 5) is 39.9. The lowest BCUT2D eigenvalue weighted by Gasteiger charge is -2.38. The van der Waals surface area contributed by atoms with Gasteiger partial charge in [-0.05, 0) is 44.4 Å². The molecule has 2 amide bonds. The Kier molecular flexibility index (Phi) is 5.22. The van der Waals surface area contributed by atoms with Crippen LogP contribution < -0.4 is 5.73 Å². The molecule has 0 radical (unpaired) electrons. The Hall–Kier alpha value is -2.45. The minimum atomic E-state index is -0.455. The fourth-order valence-electron chi connectivity index (χ4n) is 5.86. The van der Waals surface area contributed by atoms with Gasteiger partial charge in [0.25, 0.3) is 5.91 Å². The van der Waals surface area contributed by atoms with Crippen molar-refractivity contribution in [2.75, 3.05) is 46.3 Å². The standard InChI is InChI=1S/C23H32N6O2/c1-27-10-12-28(13-11-27)19(30)7-9-29-15-16-4-3-8-23(29,14-16)22-25-18-6-2-5-17(21(24)31)20(18)26-22/h2,5-6,16H,3-4,7-15H2,1H3,(H2,24,31)(H,25,26)/t16-,23-/m1/s1. The number of aromatic amines is 1. The molecule has 1 aromatic carbocycles. The molecular formula is C23H32N6O2. The highest BCUT2D eigenvalue weighted by molar-refractivity contribution is 6.04. The molecule has 2 aromatic rings. The first-order chi connectivity index (χ1) is 15.0. The Morgan fingerprint density at radius 3 is 2.84 bits per heavy atom. The number of imidazole rings is 1. The van der Waals surface area contributed by atoms with Gasteiger partial charge in [-0.3, -0.25) is 14.5 Å². The van der Waals surface area contributed by atoms with Crippen LogP contribution in [0.25, 0.3) is 11.0 Å². The molecule has 0 spiro atoms. The number of H-pyrrole nitrogens is 1. The second-order valence-electron chi connectivity index (χ2n) is 9.53. The monoisotopic (exact) mass is 424 g/mol. The summed E-state index contributed by atoms with van der Waals surface area (Å²) in [6.45, 7) is 5.30. The van der Waals surface area contributed by atoms with E-state index in [9.17, 15) is 9.59 Å². The molecule has 2 aliphatic heterocycles.